The van der Waals surface area contributed by atoms with Gasteiger partial charge in [0.25, 0.3) is 5.91 Å². The summed E-state index contributed by atoms with van der Waals surface area (Å²) in [6, 6.07) is 4.05. The lowest BCUT2D eigenvalue weighted by Crippen LogP contribution is -2.56. The molecule has 2 amide bonds. The number of nitrogens with zero attached hydrogens (tertiary/aromatic N) is 3. The Balaban J connectivity index is 1.50. The third-order valence-corrected chi connectivity index (χ3v) is 5.45. The van der Waals surface area contributed by atoms with Gasteiger partial charge >= 0.3 is 0 Å². The van der Waals surface area contributed by atoms with Crippen molar-refractivity contribution in [1.29, 1.82) is 0 Å². The number of carbonyl (C=O) groups is 2. The summed E-state index contributed by atoms with van der Waals surface area (Å²) in [5.41, 5.74) is -0.955. The molecule has 0 unspecified atom stereocenters. The predicted molar refractivity (Wildman–Crippen MR) is 95.3 cm³/mol. The zero-order valence-corrected chi connectivity index (χ0v) is 15.3. The van der Waals surface area contributed by atoms with Crippen molar-refractivity contribution < 1.29 is 9.59 Å². The summed E-state index contributed by atoms with van der Waals surface area (Å²) in [4.78, 5) is 29.4. The third-order valence-electron chi connectivity index (χ3n) is 4.58. The van der Waals surface area contributed by atoms with Crippen molar-refractivity contribution in [1.82, 2.24) is 25.4 Å². The molecule has 0 atom stereocenters. The number of hydrogen-bond donors (Lipinski definition) is 2. The summed E-state index contributed by atoms with van der Waals surface area (Å²) in [6.07, 6.45) is 6.99. The fourth-order valence-corrected chi connectivity index (χ4v) is 3.69. The maximum Gasteiger partial charge on any atom is 0.262 e. The predicted octanol–water partition coefficient (Wildman–Crippen LogP) is 2.15. The second-order valence-electron chi connectivity index (χ2n) is 6.91. The van der Waals surface area contributed by atoms with E-state index in [9.17, 15) is 9.59 Å². The number of nitrogens with one attached hydrogen (secondary N) is 2. The van der Waals surface area contributed by atoms with Crippen molar-refractivity contribution >= 4 is 23.2 Å². The number of thiophene rings is 1. The van der Waals surface area contributed by atoms with E-state index >= 15 is 0 Å². The first kappa shape index (κ1) is 17.6. The Morgan fingerprint density at radius 2 is 2.04 bits per heavy atom. The third kappa shape index (κ3) is 4.25. The summed E-state index contributed by atoms with van der Waals surface area (Å²) >= 11 is 1.36. The molecule has 0 radical (unpaired) electrons. The van der Waals surface area contributed by atoms with Crippen LogP contribution in [0.2, 0.25) is 0 Å². The largest absolute Gasteiger partial charge is 0.351 e. The number of aromatic nitrogens is 3. The Kier molecular flexibility index (Phi) is 5.17. The molecule has 3 rings (SSSR count). The minimum Gasteiger partial charge on any atom is -0.351 e. The van der Waals surface area contributed by atoms with Crippen molar-refractivity contribution in [3.05, 3.63) is 35.0 Å². The molecule has 0 saturated heterocycles. The van der Waals surface area contributed by atoms with E-state index in [1.807, 2.05) is 16.1 Å². The molecule has 2 aromatic rings. The number of amides is 2. The average Bonchev–Trinajstić information content (AvgIpc) is 3.29. The van der Waals surface area contributed by atoms with Crippen LogP contribution in [0.25, 0.3) is 0 Å². The van der Waals surface area contributed by atoms with Gasteiger partial charge in [-0.05, 0) is 51.0 Å². The van der Waals surface area contributed by atoms with Crippen LogP contribution >= 0.6 is 11.3 Å². The standard InChI is InChI=1S/C17H23N5O2S/c1-17(2,21-15(23)14-4-3-9-25-14)16(24)20-12-5-7-13(8-6-12)22-11-18-10-19-22/h3-4,9-13H,5-8H2,1-2H3,(H,20,24)(H,21,23). The Morgan fingerprint density at radius 3 is 2.64 bits per heavy atom. The average molecular weight is 361 g/mol. The molecule has 8 heteroatoms. The normalized spacial score (nSPS) is 20.9. The van der Waals surface area contributed by atoms with Crippen LogP contribution in [0.1, 0.15) is 55.2 Å². The molecule has 2 aromatic heterocycles. The summed E-state index contributed by atoms with van der Waals surface area (Å²) < 4.78 is 1.89. The van der Waals surface area contributed by atoms with E-state index in [1.165, 1.54) is 11.3 Å². The van der Waals surface area contributed by atoms with E-state index in [-0.39, 0.29) is 17.9 Å². The maximum atomic E-state index is 12.6. The number of rotatable bonds is 5. The molecule has 0 aromatic carbocycles. The van der Waals surface area contributed by atoms with Gasteiger partial charge in [0.05, 0.1) is 10.9 Å². The van der Waals surface area contributed by atoms with E-state index in [0.29, 0.717) is 10.9 Å². The fraction of sp³-hybridized carbons (Fsp3) is 0.529. The van der Waals surface area contributed by atoms with Crippen LogP contribution < -0.4 is 10.6 Å². The number of hydrogen-bond acceptors (Lipinski definition) is 5. The summed E-state index contributed by atoms with van der Waals surface area (Å²) in [6.45, 7) is 3.46. The van der Waals surface area contributed by atoms with E-state index in [1.54, 1.807) is 32.6 Å². The molecular weight excluding hydrogens is 338 g/mol. The molecular formula is C17H23N5O2S. The van der Waals surface area contributed by atoms with Gasteiger partial charge in [-0.15, -0.1) is 11.3 Å². The highest BCUT2D eigenvalue weighted by Crippen LogP contribution is 2.27. The molecule has 1 saturated carbocycles. The summed E-state index contributed by atoms with van der Waals surface area (Å²) in [5, 5.41) is 11.9. The Morgan fingerprint density at radius 1 is 1.28 bits per heavy atom. The minimum absolute atomic E-state index is 0.130. The van der Waals surface area contributed by atoms with Crippen LogP contribution in [-0.2, 0) is 4.79 Å². The van der Waals surface area contributed by atoms with Gasteiger partial charge in [-0.2, -0.15) is 5.10 Å². The SMILES string of the molecule is CC(C)(NC(=O)c1cccs1)C(=O)NC1CCC(n2cncn2)CC1. The van der Waals surface area contributed by atoms with Gasteiger partial charge in [0.1, 0.15) is 18.2 Å². The molecule has 134 valence electrons. The Hall–Kier alpha value is -2.22. The molecule has 0 aliphatic heterocycles. The fourth-order valence-electron chi connectivity index (χ4n) is 3.07. The highest BCUT2D eigenvalue weighted by atomic mass is 32.1. The quantitative estimate of drug-likeness (QED) is 0.854. The van der Waals surface area contributed by atoms with Gasteiger partial charge in [0.2, 0.25) is 5.91 Å². The van der Waals surface area contributed by atoms with Crippen LogP contribution in [-0.4, -0.2) is 38.2 Å². The molecule has 25 heavy (non-hydrogen) atoms. The van der Waals surface area contributed by atoms with E-state index in [4.69, 9.17) is 0 Å². The first-order valence-corrected chi connectivity index (χ1v) is 9.35. The zero-order chi connectivity index (χ0) is 17.9. The van der Waals surface area contributed by atoms with E-state index < -0.39 is 5.54 Å². The van der Waals surface area contributed by atoms with Crippen molar-refractivity contribution in [2.45, 2.75) is 57.2 Å². The van der Waals surface area contributed by atoms with Crippen LogP contribution in [0, 0.1) is 0 Å². The molecule has 1 aliphatic rings. The monoisotopic (exact) mass is 361 g/mol. The first-order valence-electron chi connectivity index (χ1n) is 8.47. The molecule has 1 fully saturated rings. The first-order chi connectivity index (χ1) is 12.0. The lowest BCUT2D eigenvalue weighted by Gasteiger charge is -2.32. The molecule has 0 spiro atoms. The number of carbonyl (C=O) groups excluding carboxylic acids is 2. The van der Waals surface area contributed by atoms with Crippen LogP contribution in [0.4, 0.5) is 0 Å². The van der Waals surface area contributed by atoms with Gasteiger partial charge in [-0.3, -0.25) is 9.59 Å². The molecule has 1 aliphatic carbocycles. The van der Waals surface area contributed by atoms with Crippen molar-refractivity contribution in [3.63, 3.8) is 0 Å². The van der Waals surface area contributed by atoms with Gasteiger partial charge in [0.15, 0.2) is 0 Å². The van der Waals surface area contributed by atoms with Crippen LogP contribution in [0.3, 0.4) is 0 Å². The Labute approximate surface area is 150 Å². The van der Waals surface area contributed by atoms with Gasteiger partial charge in [-0.25, -0.2) is 9.67 Å². The maximum absolute atomic E-state index is 12.6. The lowest BCUT2D eigenvalue weighted by atomic mass is 9.90. The second-order valence-corrected chi connectivity index (χ2v) is 7.86. The van der Waals surface area contributed by atoms with Crippen molar-refractivity contribution in [2.75, 3.05) is 0 Å². The second kappa shape index (κ2) is 7.35. The van der Waals surface area contributed by atoms with Crippen molar-refractivity contribution in [2.24, 2.45) is 0 Å². The Bertz CT molecular complexity index is 703. The zero-order valence-electron chi connectivity index (χ0n) is 14.4. The van der Waals surface area contributed by atoms with Gasteiger partial charge < -0.3 is 10.6 Å². The highest BCUT2D eigenvalue weighted by Gasteiger charge is 2.33. The minimum atomic E-state index is -0.955. The van der Waals surface area contributed by atoms with Crippen LogP contribution in [0.5, 0.6) is 0 Å². The highest BCUT2D eigenvalue weighted by molar-refractivity contribution is 7.12. The molecule has 0 bridgehead atoms. The van der Waals surface area contributed by atoms with Crippen LogP contribution in [0.15, 0.2) is 30.2 Å². The van der Waals surface area contributed by atoms with Gasteiger partial charge in [-0.1, -0.05) is 6.07 Å². The lowest BCUT2D eigenvalue weighted by molar-refractivity contribution is -0.127. The van der Waals surface area contributed by atoms with Gasteiger partial charge in [0, 0.05) is 6.04 Å². The molecule has 7 nitrogen and oxygen atoms in total. The molecule has 2 heterocycles. The van der Waals surface area contributed by atoms with Crippen molar-refractivity contribution in [3.8, 4) is 0 Å². The summed E-state index contributed by atoms with van der Waals surface area (Å²) in [5.74, 6) is -0.369. The van der Waals surface area contributed by atoms with E-state index in [2.05, 4.69) is 20.7 Å². The topological polar surface area (TPSA) is 88.9 Å². The molecule has 2 N–H and O–H groups in total. The van der Waals surface area contributed by atoms with E-state index in [0.717, 1.165) is 25.7 Å². The smallest absolute Gasteiger partial charge is 0.262 e. The summed E-state index contributed by atoms with van der Waals surface area (Å²) in [7, 11) is 0.